The van der Waals surface area contributed by atoms with Crippen molar-refractivity contribution in [3.05, 3.63) is 83.4 Å². The number of fused-ring (bicyclic) bond motifs is 1. The van der Waals surface area contributed by atoms with Crippen LogP contribution in [0.3, 0.4) is 0 Å². The molecule has 0 radical (unpaired) electrons. The summed E-state index contributed by atoms with van der Waals surface area (Å²) < 4.78 is 41.9. The van der Waals surface area contributed by atoms with E-state index in [1.54, 1.807) is 18.7 Å². The second kappa shape index (κ2) is 8.27. The molecule has 154 valence electrons. The van der Waals surface area contributed by atoms with Crippen LogP contribution in [0.4, 0.5) is 13.2 Å². The molecule has 1 N–H and O–H groups in total. The van der Waals surface area contributed by atoms with Crippen molar-refractivity contribution in [3.8, 4) is 0 Å². The number of thiazole rings is 1. The van der Waals surface area contributed by atoms with Crippen LogP contribution in [0.2, 0.25) is 0 Å². The van der Waals surface area contributed by atoms with E-state index in [0.717, 1.165) is 23.0 Å². The SMILES string of the molecule is O=C(N[C@@H](Cc1ccccc1)Cn1ccnc1)c1nc2c(C(F)(F)F)cccc2s1. The average molecular weight is 430 g/mol. The van der Waals surface area contributed by atoms with Crippen molar-refractivity contribution in [1.82, 2.24) is 19.9 Å². The van der Waals surface area contributed by atoms with Crippen LogP contribution in [0.5, 0.6) is 0 Å². The van der Waals surface area contributed by atoms with E-state index in [4.69, 9.17) is 0 Å². The number of benzene rings is 2. The van der Waals surface area contributed by atoms with Crippen LogP contribution in [-0.4, -0.2) is 26.5 Å². The number of rotatable bonds is 6. The number of hydrogen-bond acceptors (Lipinski definition) is 4. The van der Waals surface area contributed by atoms with E-state index < -0.39 is 17.6 Å². The van der Waals surface area contributed by atoms with Crippen LogP contribution in [0, 0.1) is 0 Å². The minimum absolute atomic E-state index is 0.00499. The van der Waals surface area contributed by atoms with Crippen LogP contribution < -0.4 is 5.32 Å². The Hall–Kier alpha value is -3.20. The lowest BCUT2D eigenvalue weighted by Gasteiger charge is -2.19. The lowest BCUT2D eigenvalue weighted by Crippen LogP contribution is -2.39. The van der Waals surface area contributed by atoms with E-state index >= 15 is 0 Å². The van der Waals surface area contributed by atoms with Crippen molar-refractivity contribution in [1.29, 1.82) is 0 Å². The molecule has 1 amide bonds. The van der Waals surface area contributed by atoms with Gasteiger partial charge in [-0.15, -0.1) is 11.3 Å². The van der Waals surface area contributed by atoms with E-state index in [1.807, 2.05) is 34.9 Å². The Morgan fingerprint density at radius 2 is 1.93 bits per heavy atom. The van der Waals surface area contributed by atoms with Gasteiger partial charge >= 0.3 is 6.18 Å². The fourth-order valence-electron chi connectivity index (χ4n) is 3.23. The first kappa shape index (κ1) is 20.1. The molecular formula is C21H17F3N4OS. The van der Waals surface area contributed by atoms with Crippen LogP contribution >= 0.6 is 11.3 Å². The molecule has 0 bridgehead atoms. The van der Waals surface area contributed by atoms with Gasteiger partial charge in [0, 0.05) is 18.9 Å². The Balaban J connectivity index is 1.58. The number of alkyl halides is 3. The van der Waals surface area contributed by atoms with Gasteiger partial charge in [-0.1, -0.05) is 36.4 Å². The van der Waals surface area contributed by atoms with Crippen molar-refractivity contribution in [3.63, 3.8) is 0 Å². The summed E-state index contributed by atoms with van der Waals surface area (Å²) in [5.74, 6) is -0.495. The molecule has 9 heteroatoms. The maximum atomic E-state index is 13.2. The number of carbonyl (C=O) groups excluding carboxylic acids is 1. The van der Waals surface area contributed by atoms with Gasteiger partial charge in [-0.25, -0.2) is 9.97 Å². The molecular weight excluding hydrogens is 413 g/mol. The predicted octanol–water partition coefficient (Wildman–Crippen LogP) is 4.55. The van der Waals surface area contributed by atoms with Gasteiger partial charge in [0.2, 0.25) is 0 Å². The summed E-state index contributed by atoms with van der Waals surface area (Å²) in [6.45, 7) is 0.472. The summed E-state index contributed by atoms with van der Waals surface area (Å²) in [4.78, 5) is 20.9. The smallest absolute Gasteiger partial charge is 0.345 e. The Morgan fingerprint density at radius 1 is 1.13 bits per heavy atom. The second-order valence-electron chi connectivity index (χ2n) is 6.79. The predicted molar refractivity (Wildman–Crippen MR) is 108 cm³/mol. The minimum atomic E-state index is -4.53. The number of amides is 1. The third kappa shape index (κ3) is 4.51. The molecule has 4 aromatic rings. The van der Waals surface area contributed by atoms with Gasteiger partial charge in [-0.05, 0) is 24.1 Å². The number of carbonyl (C=O) groups is 1. The quantitative estimate of drug-likeness (QED) is 0.488. The maximum Gasteiger partial charge on any atom is 0.418 e. The van der Waals surface area contributed by atoms with Gasteiger partial charge in [-0.3, -0.25) is 4.79 Å². The first-order chi connectivity index (χ1) is 14.4. The highest BCUT2D eigenvalue weighted by Crippen LogP contribution is 2.36. The van der Waals surface area contributed by atoms with E-state index in [9.17, 15) is 18.0 Å². The van der Waals surface area contributed by atoms with Gasteiger partial charge in [0.15, 0.2) is 5.01 Å². The van der Waals surface area contributed by atoms with E-state index in [-0.39, 0.29) is 16.6 Å². The first-order valence-corrected chi connectivity index (χ1v) is 9.99. The number of aromatic nitrogens is 3. The molecule has 0 saturated carbocycles. The van der Waals surface area contributed by atoms with Crippen LogP contribution in [0.1, 0.15) is 20.9 Å². The summed E-state index contributed by atoms with van der Waals surface area (Å²) in [6, 6.07) is 13.2. The molecule has 0 spiro atoms. The number of para-hydroxylation sites is 1. The third-order valence-corrected chi connectivity index (χ3v) is 5.59. The molecule has 0 fully saturated rings. The van der Waals surface area contributed by atoms with Gasteiger partial charge < -0.3 is 9.88 Å². The number of imidazole rings is 1. The summed E-state index contributed by atoms with van der Waals surface area (Å²) in [5, 5.41) is 2.92. The zero-order valence-electron chi connectivity index (χ0n) is 15.6. The van der Waals surface area contributed by atoms with Crippen molar-refractivity contribution in [2.75, 3.05) is 0 Å². The van der Waals surface area contributed by atoms with Crippen LogP contribution in [0.15, 0.2) is 67.3 Å². The monoisotopic (exact) mass is 430 g/mol. The molecule has 30 heavy (non-hydrogen) atoms. The largest absolute Gasteiger partial charge is 0.418 e. The molecule has 0 unspecified atom stereocenters. The molecule has 0 aliphatic heterocycles. The van der Waals surface area contributed by atoms with Gasteiger partial charge in [0.25, 0.3) is 5.91 Å². The Bertz CT molecular complexity index is 1140. The normalized spacial score (nSPS) is 12.8. The molecule has 2 heterocycles. The van der Waals surface area contributed by atoms with Crippen molar-refractivity contribution < 1.29 is 18.0 Å². The Morgan fingerprint density at radius 3 is 2.63 bits per heavy atom. The maximum absolute atomic E-state index is 13.2. The summed E-state index contributed by atoms with van der Waals surface area (Å²) in [7, 11) is 0. The molecule has 2 aromatic heterocycles. The number of halogens is 3. The molecule has 1 atom stereocenters. The molecule has 2 aromatic carbocycles. The highest BCUT2D eigenvalue weighted by molar-refractivity contribution is 7.20. The summed E-state index contributed by atoms with van der Waals surface area (Å²) >= 11 is 0.950. The van der Waals surface area contributed by atoms with Crippen molar-refractivity contribution in [2.24, 2.45) is 0 Å². The van der Waals surface area contributed by atoms with Gasteiger partial charge in [0.1, 0.15) is 0 Å². The van der Waals surface area contributed by atoms with Crippen molar-refractivity contribution in [2.45, 2.75) is 25.2 Å². The van der Waals surface area contributed by atoms with Crippen LogP contribution in [-0.2, 0) is 19.1 Å². The first-order valence-electron chi connectivity index (χ1n) is 9.17. The fraction of sp³-hybridized carbons (Fsp3) is 0.190. The number of nitrogens with zero attached hydrogens (tertiary/aromatic N) is 3. The molecule has 4 rings (SSSR count). The van der Waals surface area contributed by atoms with Gasteiger partial charge in [0.05, 0.1) is 28.1 Å². The van der Waals surface area contributed by atoms with E-state index in [0.29, 0.717) is 17.7 Å². The van der Waals surface area contributed by atoms with E-state index in [2.05, 4.69) is 15.3 Å². The fourth-order valence-corrected chi connectivity index (χ4v) is 4.13. The molecule has 0 saturated heterocycles. The van der Waals surface area contributed by atoms with Gasteiger partial charge in [-0.2, -0.15) is 13.2 Å². The highest BCUT2D eigenvalue weighted by Gasteiger charge is 2.34. The van der Waals surface area contributed by atoms with E-state index in [1.165, 1.54) is 12.1 Å². The number of nitrogens with one attached hydrogen (secondary N) is 1. The zero-order chi connectivity index (χ0) is 21.1. The number of hydrogen-bond donors (Lipinski definition) is 1. The summed E-state index contributed by atoms with van der Waals surface area (Å²) in [6.07, 6.45) is 1.12. The van der Waals surface area contributed by atoms with Crippen LogP contribution in [0.25, 0.3) is 10.2 Å². The third-order valence-electron chi connectivity index (χ3n) is 4.57. The average Bonchev–Trinajstić information content (AvgIpc) is 3.37. The lowest BCUT2D eigenvalue weighted by molar-refractivity contribution is -0.136. The molecule has 5 nitrogen and oxygen atoms in total. The lowest BCUT2D eigenvalue weighted by atomic mass is 10.1. The topological polar surface area (TPSA) is 59.8 Å². The Kier molecular flexibility index (Phi) is 5.54. The standard InChI is InChI=1S/C21H17F3N4OS/c22-21(23,24)16-7-4-8-17-18(16)27-20(30-17)19(29)26-15(12-28-10-9-25-13-28)11-14-5-2-1-3-6-14/h1-10,13,15H,11-12H2,(H,26,29)/t15-/m0/s1. The minimum Gasteiger partial charge on any atom is -0.345 e. The highest BCUT2D eigenvalue weighted by atomic mass is 32.1. The Labute approximate surface area is 174 Å². The molecule has 0 aliphatic rings. The zero-order valence-corrected chi connectivity index (χ0v) is 16.5. The van der Waals surface area contributed by atoms with Crippen molar-refractivity contribution >= 4 is 27.5 Å². The second-order valence-corrected chi connectivity index (χ2v) is 7.82. The summed E-state index contributed by atoms with van der Waals surface area (Å²) in [5.41, 5.74) is -0.00417. The molecule has 0 aliphatic carbocycles.